The van der Waals surface area contributed by atoms with Gasteiger partial charge in [0.2, 0.25) is 10.0 Å². The molecular weight excluding hydrogens is 460 g/mol. The topological polar surface area (TPSA) is 75.7 Å². The Kier molecular flexibility index (Phi) is 7.74. The average Bonchev–Trinajstić information content (AvgIpc) is 3.37. The Morgan fingerprint density at radius 1 is 1.09 bits per heavy atom. The lowest BCUT2D eigenvalue weighted by atomic mass is 9.81. The second-order valence-corrected chi connectivity index (χ2v) is 11.1. The molecule has 0 radical (unpaired) electrons. The van der Waals surface area contributed by atoms with E-state index in [1.54, 1.807) is 18.0 Å². The number of rotatable bonds is 7. The van der Waals surface area contributed by atoms with Crippen molar-refractivity contribution in [3.63, 3.8) is 0 Å². The van der Waals surface area contributed by atoms with Crippen molar-refractivity contribution in [2.24, 2.45) is 0 Å². The Morgan fingerprint density at radius 2 is 1.82 bits per heavy atom. The highest BCUT2D eigenvalue weighted by molar-refractivity contribution is 7.89. The Hall–Kier alpha value is -1.93. The third-order valence-electron chi connectivity index (χ3n) is 6.83. The number of halogens is 1. The minimum Gasteiger partial charge on any atom is -0.377 e. The zero-order valence-corrected chi connectivity index (χ0v) is 20.4. The van der Waals surface area contributed by atoms with E-state index < -0.39 is 10.0 Å². The Morgan fingerprint density at radius 3 is 2.48 bits per heavy atom. The van der Waals surface area contributed by atoms with Gasteiger partial charge in [0.1, 0.15) is 4.90 Å². The number of benzene rings is 2. The molecule has 1 saturated carbocycles. The number of sulfonamides is 1. The first-order valence-corrected chi connectivity index (χ1v) is 13.4. The molecule has 178 valence electrons. The van der Waals surface area contributed by atoms with Crippen LogP contribution < -0.4 is 4.72 Å². The van der Waals surface area contributed by atoms with Gasteiger partial charge in [0.15, 0.2) is 0 Å². The van der Waals surface area contributed by atoms with Crippen LogP contribution in [-0.4, -0.2) is 51.6 Å². The first-order valence-electron chi connectivity index (χ1n) is 11.6. The van der Waals surface area contributed by atoms with Crippen LogP contribution in [0.1, 0.15) is 60.4 Å². The smallest absolute Gasteiger partial charge is 0.253 e. The summed E-state index contributed by atoms with van der Waals surface area (Å²) in [5, 5.41) is 0.0948. The molecule has 0 aromatic heterocycles. The van der Waals surface area contributed by atoms with Crippen LogP contribution in [0.15, 0.2) is 53.4 Å². The summed E-state index contributed by atoms with van der Waals surface area (Å²) >= 11 is 6.21. The van der Waals surface area contributed by atoms with E-state index in [1.165, 1.54) is 17.7 Å². The number of carbonyl (C=O) groups is 1. The van der Waals surface area contributed by atoms with Crippen LogP contribution in [0, 0.1) is 0 Å². The molecule has 4 rings (SSSR count). The molecule has 0 spiro atoms. The van der Waals surface area contributed by atoms with E-state index in [0.29, 0.717) is 18.1 Å². The van der Waals surface area contributed by atoms with Crippen LogP contribution in [0.25, 0.3) is 0 Å². The number of amides is 1. The van der Waals surface area contributed by atoms with Crippen molar-refractivity contribution >= 4 is 27.5 Å². The van der Waals surface area contributed by atoms with Gasteiger partial charge in [-0.1, -0.05) is 41.9 Å². The fraction of sp³-hybridized carbons (Fsp3) is 0.480. The van der Waals surface area contributed by atoms with Gasteiger partial charge in [0, 0.05) is 31.8 Å². The number of nitrogens with one attached hydrogen (secondary N) is 1. The summed E-state index contributed by atoms with van der Waals surface area (Å²) in [4.78, 5) is 14.9. The summed E-state index contributed by atoms with van der Waals surface area (Å²) in [6.07, 6.45) is 5.52. The van der Waals surface area contributed by atoms with Crippen LogP contribution in [0.3, 0.4) is 0 Å². The summed E-state index contributed by atoms with van der Waals surface area (Å²) in [5.41, 5.74) is 1.68. The fourth-order valence-electron chi connectivity index (χ4n) is 4.82. The molecule has 8 heteroatoms. The number of ether oxygens (including phenoxy) is 1. The molecule has 2 aromatic rings. The van der Waals surface area contributed by atoms with Gasteiger partial charge in [-0.3, -0.25) is 4.79 Å². The van der Waals surface area contributed by atoms with Crippen LogP contribution >= 0.6 is 11.6 Å². The van der Waals surface area contributed by atoms with Gasteiger partial charge >= 0.3 is 0 Å². The normalized spacial score (nSPS) is 23.4. The highest BCUT2D eigenvalue weighted by Crippen LogP contribution is 2.35. The van der Waals surface area contributed by atoms with Gasteiger partial charge in [0.05, 0.1) is 11.1 Å². The molecule has 1 N–H and O–H groups in total. The van der Waals surface area contributed by atoms with Gasteiger partial charge in [0.25, 0.3) is 5.91 Å². The predicted octanol–water partition coefficient (Wildman–Crippen LogP) is 4.60. The van der Waals surface area contributed by atoms with Crippen LogP contribution in [-0.2, 0) is 14.8 Å². The standard InChI is InChI=1S/C25H31ClN2O4S/c1-28(21-12-9-19(10-13-21)18-6-3-2-4-7-18)25(29)20-11-14-23(26)24(16-20)33(30,31)27-17-22-8-5-15-32-22/h2-4,6-7,11,14,16,19,21-22,27H,5,8-10,12-13,15,17H2,1H3. The minimum atomic E-state index is -3.86. The molecule has 2 aliphatic rings. The van der Waals surface area contributed by atoms with Crippen LogP contribution in [0.4, 0.5) is 0 Å². The molecule has 2 fully saturated rings. The second kappa shape index (κ2) is 10.6. The SMILES string of the molecule is CN(C(=O)c1ccc(Cl)c(S(=O)(=O)NCC2CCCO2)c1)C1CCC(c2ccccc2)CC1. The van der Waals surface area contributed by atoms with Gasteiger partial charge in [-0.2, -0.15) is 0 Å². The lowest BCUT2D eigenvalue weighted by Crippen LogP contribution is -2.39. The minimum absolute atomic E-state index is 0.0748. The highest BCUT2D eigenvalue weighted by atomic mass is 35.5. The van der Waals surface area contributed by atoms with Crippen molar-refractivity contribution in [1.29, 1.82) is 0 Å². The van der Waals surface area contributed by atoms with Crippen molar-refractivity contribution in [3.05, 3.63) is 64.7 Å². The molecular formula is C25H31ClN2O4S. The fourth-order valence-corrected chi connectivity index (χ4v) is 6.41. The van der Waals surface area contributed by atoms with E-state index >= 15 is 0 Å². The maximum Gasteiger partial charge on any atom is 0.253 e. The zero-order chi connectivity index (χ0) is 23.4. The molecule has 1 aliphatic carbocycles. The third-order valence-corrected chi connectivity index (χ3v) is 8.73. The highest BCUT2D eigenvalue weighted by Gasteiger charge is 2.29. The van der Waals surface area contributed by atoms with Gasteiger partial charge in [-0.15, -0.1) is 0 Å². The lowest BCUT2D eigenvalue weighted by Gasteiger charge is -2.35. The first kappa shape index (κ1) is 24.2. The molecule has 0 bridgehead atoms. The molecule has 6 nitrogen and oxygen atoms in total. The quantitative estimate of drug-likeness (QED) is 0.615. The van der Waals surface area contributed by atoms with Gasteiger partial charge < -0.3 is 9.64 Å². The largest absolute Gasteiger partial charge is 0.377 e. The van der Waals surface area contributed by atoms with Crippen LogP contribution in [0.2, 0.25) is 5.02 Å². The zero-order valence-electron chi connectivity index (χ0n) is 18.9. The molecule has 1 atom stereocenters. The lowest BCUT2D eigenvalue weighted by molar-refractivity contribution is 0.0689. The van der Waals surface area contributed by atoms with E-state index in [-0.39, 0.29) is 34.5 Å². The van der Waals surface area contributed by atoms with E-state index in [4.69, 9.17) is 16.3 Å². The van der Waals surface area contributed by atoms with E-state index in [1.807, 2.05) is 6.07 Å². The van der Waals surface area contributed by atoms with Crippen molar-refractivity contribution < 1.29 is 17.9 Å². The average molecular weight is 491 g/mol. The van der Waals surface area contributed by atoms with Crippen LogP contribution in [0.5, 0.6) is 0 Å². The summed E-state index contributed by atoms with van der Waals surface area (Å²) in [5.74, 6) is 0.332. The van der Waals surface area contributed by atoms with Crippen molar-refractivity contribution in [1.82, 2.24) is 9.62 Å². The van der Waals surface area contributed by atoms with Gasteiger partial charge in [-0.25, -0.2) is 13.1 Å². The predicted molar refractivity (Wildman–Crippen MR) is 129 cm³/mol. The molecule has 1 amide bonds. The maximum atomic E-state index is 13.2. The summed E-state index contributed by atoms with van der Waals surface area (Å²) in [6, 6.07) is 15.1. The Balaban J connectivity index is 1.41. The number of hydrogen-bond acceptors (Lipinski definition) is 4. The molecule has 1 aliphatic heterocycles. The van der Waals surface area contributed by atoms with E-state index in [2.05, 4.69) is 29.0 Å². The Labute approximate surface area is 201 Å². The molecule has 2 aromatic carbocycles. The molecule has 1 saturated heterocycles. The van der Waals surface area contributed by atoms with E-state index in [0.717, 1.165) is 38.5 Å². The summed E-state index contributed by atoms with van der Waals surface area (Å²) in [7, 11) is -2.06. The maximum absolute atomic E-state index is 13.2. The Bertz CT molecular complexity index is 1060. The van der Waals surface area contributed by atoms with Crippen molar-refractivity contribution in [3.8, 4) is 0 Å². The second-order valence-electron chi connectivity index (χ2n) is 8.96. The monoisotopic (exact) mass is 490 g/mol. The third kappa shape index (κ3) is 5.77. The number of nitrogens with zero attached hydrogens (tertiary/aromatic N) is 1. The van der Waals surface area contributed by atoms with Crippen molar-refractivity contribution in [2.45, 2.75) is 61.5 Å². The molecule has 33 heavy (non-hydrogen) atoms. The molecule has 1 heterocycles. The summed E-state index contributed by atoms with van der Waals surface area (Å²) in [6.45, 7) is 0.845. The number of hydrogen-bond donors (Lipinski definition) is 1. The number of carbonyl (C=O) groups excluding carboxylic acids is 1. The summed E-state index contributed by atoms with van der Waals surface area (Å²) < 4.78 is 33.8. The van der Waals surface area contributed by atoms with Crippen molar-refractivity contribution in [2.75, 3.05) is 20.2 Å². The van der Waals surface area contributed by atoms with Gasteiger partial charge in [-0.05, 0) is 68.2 Å². The van der Waals surface area contributed by atoms with E-state index in [9.17, 15) is 13.2 Å². The molecule has 1 unspecified atom stereocenters. The first-order chi connectivity index (χ1) is 15.8.